The summed E-state index contributed by atoms with van der Waals surface area (Å²) >= 11 is 6.14. The number of hydrogen-bond donors (Lipinski definition) is 1. The lowest BCUT2D eigenvalue weighted by Gasteiger charge is -2.32. The SMILES string of the molecule is COc1ccc(C(C(=O)Nc2ccc(N(C)C)cc2)N(Cc2ccc(Cl)cc2)C(=O)Cc2ccccc2)cc1OC. The molecule has 0 heterocycles. The minimum atomic E-state index is -0.977. The summed E-state index contributed by atoms with van der Waals surface area (Å²) < 4.78 is 11.0. The van der Waals surface area contributed by atoms with Crippen LogP contribution in [0.2, 0.25) is 5.02 Å². The molecule has 7 nitrogen and oxygen atoms in total. The summed E-state index contributed by atoms with van der Waals surface area (Å²) in [7, 11) is 6.99. The predicted molar refractivity (Wildman–Crippen MR) is 164 cm³/mol. The number of anilines is 2. The first-order valence-electron chi connectivity index (χ1n) is 13.2. The van der Waals surface area contributed by atoms with Gasteiger partial charge in [0.1, 0.15) is 6.04 Å². The number of carbonyl (C=O) groups excluding carboxylic acids is 2. The molecule has 4 aromatic carbocycles. The molecule has 4 rings (SSSR count). The van der Waals surface area contributed by atoms with Crippen LogP contribution in [0.15, 0.2) is 97.1 Å². The van der Waals surface area contributed by atoms with Crippen molar-refractivity contribution in [3.63, 3.8) is 0 Å². The normalized spacial score (nSPS) is 11.3. The predicted octanol–water partition coefficient (Wildman–Crippen LogP) is 6.37. The lowest BCUT2D eigenvalue weighted by atomic mass is 10.0. The Kier molecular flexibility index (Phi) is 9.87. The Bertz CT molecular complexity index is 1460. The van der Waals surface area contributed by atoms with Crippen LogP contribution in [0.25, 0.3) is 0 Å². The van der Waals surface area contributed by atoms with Gasteiger partial charge < -0.3 is 24.6 Å². The van der Waals surface area contributed by atoms with E-state index in [9.17, 15) is 9.59 Å². The third kappa shape index (κ3) is 7.58. The number of amides is 2. The molecule has 0 fully saturated rings. The number of nitrogens with zero attached hydrogens (tertiary/aromatic N) is 2. The van der Waals surface area contributed by atoms with Gasteiger partial charge in [0.05, 0.1) is 20.6 Å². The van der Waals surface area contributed by atoms with Gasteiger partial charge in [0.2, 0.25) is 5.91 Å². The molecule has 0 aromatic heterocycles. The minimum absolute atomic E-state index is 0.128. The van der Waals surface area contributed by atoms with Gasteiger partial charge in [-0.3, -0.25) is 9.59 Å². The van der Waals surface area contributed by atoms with E-state index in [1.807, 2.05) is 85.7 Å². The molecular weight excluding hydrogens is 538 g/mol. The van der Waals surface area contributed by atoms with Crippen molar-refractivity contribution < 1.29 is 19.1 Å². The molecule has 212 valence electrons. The van der Waals surface area contributed by atoms with Crippen LogP contribution in [0.3, 0.4) is 0 Å². The lowest BCUT2D eigenvalue weighted by molar-refractivity contribution is -0.139. The first-order chi connectivity index (χ1) is 19.8. The second-order valence-corrected chi connectivity index (χ2v) is 10.2. The average Bonchev–Trinajstić information content (AvgIpc) is 2.98. The first-order valence-corrected chi connectivity index (χ1v) is 13.5. The molecule has 1 unspecified atom stereocenters. The highest BCUT2D eigenvalue weighted by Gasteiger charge is 2.32. The van der Waals surface area contributed by atoms with Crippen molar-refractivity contribution >= 4 is 34.8 Å². The molecule has 0 saturated carbocycles. The molecule has 0 saturated heterocycles. The molecule has 8 heteroatoms. The summed E-state index contributed by atoms with van der Waals surface area (Å²) in [5.41, 5.74) is 3.89. The van der Waals surface area contributed by atoms with Crippen molar-refractivity contribution in [3.05, 3.63) is 119 Å². The Labute approximate surface area is 246 Å². The van der Waals surface area contributed by atoms with Crippen molar-refractivity contribution in [2.24, 2.45) is 0 Å². The van der Waals surface area contributed by atoms with Gasteiger partial charge in [-0.25, -0.2) is 0 Å². The largest absolute Gasteiger partial charge is 0.493 e. The van der Waals surface area contributed by atoms with Crippen LogP contribution in [-0.2, 0) is 22.6 Å². The number of nitrogens with one attached hydrogen (secondary N) is 1. The molecule has 1 N–H and O–H groups in total. The number of rotatable bonds is 11. The molecule has 0 bridgehead atoms. The van der Waals surface area contributed by atoms with Gasteiger partial charge in [-0.1, -0.05) is 60.1 Å². The standard InChI is InChI=1S/C33H34ClN3O4/c1-36(2)28-17-15-27(16-18-28)35-33(39)32(25-12-19-29(40-3)30(21-25)41-4)37(22-24-10-13-26(34)14-11-24)31(38)20-23-8-6-5-7-9-23/h5-19,21,32H,20,22H2,1-4H3,(H,35,39). The van der Waals surface area contributed by atoms with E-state index >= 15 is 0 Å². The fourth-order valence-electron chi connectivity index (χ4n) is 4.53. The van der Waals surface area contributed by atoms with E-state index in [0.29, 0.717) is 27.8 Å². The summed E-state index contributed by atoms with van der Waals surface area (Å²) in [5, 5.41) is 3.61. The smallest absolute Gasteiger partial charge is 0.251 e. The topological polar surface area (TPSA) is 71.1 Å². The Morgan fingerprint density at radius 2 is 1.46 bits per heavy atom. The number of ether oxygens (including phenoxy) is 2. The number of carbonyl (C=O) groups is 2. The zero-order valence-corrected chi connectivity index (χ0v) is 24.4. The highest BCUT2D eigenvalue weighted by molar-refractivity contribution is 6.30. The second kappa shape index (κ2) is 13.7. The molecule has 0 aliphatic carbocycles. The van der Waals surface area contributed by atoms with Gasteiger partial charge in [-0.05, 0) is 65.2 Å². The molecular formula is C33H34ClN3O4. The fraction of sp³-hybridized carbons (Fsp3) is 0.212. The summed E-state index contributed by atoms with van der Waals surface area (Å²) in [6, 6.07) is 28.6. The molecule has 0 radical (unpaired) electrons. The van der Waals surface area contributed by atoms with Gasteiger partial charge in [0, 0.05) is 37.0 Å². The summed E-state index contributed by atoms with van der Waals surface area (Å²) in [5.74, 6) is 0.420. The highest BCUT2D eigenvalue weighted by atomic mass is 35.5. The molecule has 0 aliphatic heterocycles. The average molecular weight is 572 g/mol. The van der Waals surface area contributed by atoms with Crippen LogP contribution >= 0.6 is 11.6 Å². The van der Waals surface area contributed by atoms with Crippen LogP contribution < -0.4 is 19.7 Å². The minimum Gasteiger partial charge on any atom is -0.493 e. The third-order valence-corrected chi connectivity index (χ3v) is 6.97. The summed E-state index contributed by atoms with van der Waals surface area (Å²) in [4.78, 5) is 31.7. The molecule has 41 heavy (non-hydrogen) atoms. The molecule has 4 aromatic rings. The maximum atomic E-state index is 14.1. The van der Waals surface area contributed by atoms with Gasteiger partial charge in [-0.2, -0.15) is 0 Å². The van der Waals surface area contributed by atoms with Crippen LogP contribution in [0.5, 0.6) is 11.5 Å². The van der Waals surface area contributed by atoms with E-state index in [1.165, 1.54) is 7.11 Å². The Morgan fingerprint density at radius 1 is 0.805 bits per heavy atom. The zero-order chi connectivity index (χ0) is 29.4. The van der Waals surface area contributed by atoms with Crippen molar-refractivity contribution in [2.45, 2.75) is 19.0 Å². The van der Waals surface area contributed by atoms with Gasteiger partial charge in [0.25, 0.3) is 5.91 Å². The van der Waals surface area contributed by atoms with E-state index in [1.54, 1.807) is 42.3 Å². The Morgan fingerprint density at radius 3 is 2.07 bits per heavy atom. The first kappa shape index (κ1) is 29.5. The van der Waals surface area contributed by atoms with Crippen LogP contribution in [0.4, 0.5) is 11.4 Å². The van der Waals surface area contributed by atoms with Crippen molar-refractivity contribution in [3.8, 4) is 11.5 Å². The quantitative estimate of drug-likeness (QED) is 0.226. The number of methoxy groups -OCH3 is 2. The second-order valence-electron chi connectivity index (χ2n) is 9.76. The van der Waals surface area contributed by atoms with Crippen molar-refractivity contribution in [1.29, 1.82) is 0 Å². The number of hydrogen-bond acceptors (Lipinski definition) is 5. The van der Waals surface area contributed by atoms with E-state index in [4.69, 9.17) is 21.1 Å². The van der Waals surface area contributed by atoms with Crippen molar-refractivity contribution in [1.82, 2.24) is 4.90 Å². The van der Waals surface area contributed by atoms with E-state index in [-0.39, 0.29) is 24.8 Å². The lowest BCUT2D eigenvalue weighted by Crippen LogP contribution is -2.41. The van der Waals surface area contributed by atoms with Gasteiger partial charge in [-0.15, -0.1) is 0 Å². The zero-order valence-electron chi connectivity index (χ0n) is 23.6. The van der Waals surface area contributed by atoms with Gasteiger partial charge >= 0.3 is 0 Å². The molecule has 1 atom stereocenters. The molecule has 2 amide bonds. The third-order valence-electron chi connectivity index (χ3n) is 6.72. The number of halogens is 1. The summed E-state index contributed by atoms with van der Waals surface area (Å²) in [6.45, 7) is 0.189. The fourth-order valence-corrected chi connectivity index (χ4v) is 4.66. The van der Waals surface area contributed by atoms with Crippen molar-refractivity contribution in [2.75, 3.05) is 38.5 Å². The number of benzene rings is 4. The Balaban J connectivity index is 1.78. The maximum absolute atomic E-state index is 14.1. The summed E-state index contributed by atoms with van der Waals surface area (Å²) in [6.07, 6.45) is 0.128. The molecule has 0 aliphatic rings. The van der Waals surface area contributed by atoms with Crippen LogP contribution in [0, 0.1) is 0 Å². The highest BCUT2D eigenvalue weighted by Crippen LogP contribution is 2.34. The van der Waals surface area contributed by atoms with Crippen LogP contribution in [0.1, 0.15) is 22.7 Å². The molecule has 0 spiro atoms. The Hall–Kier alpha value is -4.49. The monoisotopic (exact) mass is 571 g/mol. The van der Waals surface area contributed by atoms with Crippen LogP contribution in [-0.4, -0.2) is 45.0 Å². The van der Waals surface area contributed by atoms with E-state index in [2.05, 4.69) is 5.32 Å². The van der Waals surface area contributed by atoms with E-state index in [0.717, 1.165) is 16.8 Å². The van der Waals surface area contributed by atoms with E-state index < -0.39 is 6.04 Å². The maximum Gasteiger partial charge on any atom is 0.251 e. The van der Waals surface area contributed by atoms with Gasteiger partial charge in [0.15, 0.2) is 11.5 Å².